The van der Waals surface area contributed by atoms with Gasteiger partial charge in [-0.1, -0.05) is 36.4 Å². The first-order valence-electron chi connectivity index (χ1n) is 8.53. The molecule has 0 radical (unpaired) electrons. The molecule has 2 atom stereocenters. The molecular formula is C19H22Cl2F3N3O2. The first kappa shape index (κ1) is 24.9. The highest BCUT2D eigenvalue weighted by atomic mass is 35.5. The summed E-state index contributed by atoms with van der Waals surface area (Å²) in [5, 5.41) is 2.91. The molecule has 2 unspecified atom stereocenters. The lowest BCUT2D eigenvalue weighted by atomic mass is 10.1. The van der Waals surface area contributed by atoms with Crippen molar-refractivity contribution in [2.75, 3.05) is 18.0 Å². The van der Waals surface area contributed by atoms with E-state index in [-0.39, 0.29) is 42.5 Å². The molecule has 0 bridgehead atoms. The Balaban J connectivity index is 0.00000210. The summed E-state index contributed by atoms with van der Waals surface area (Å²) >= 11 is 0. The zero-order valence-corrected chi connectivity index (χ0v) is 16.9. The molecule has 1 fully saturated rings. The fraction of sp³-hybridized carbons (Fsp3) is 0.316. The molecule has 1 aliphatic heterocycles. The van der Waals surface area contributed by atoms with Gasteiger partial charge in [-0.15, -0.1) is 38.0 Å². The summed E-state index contributed by atoms with van der Waals surface area (Å²) in [5.74, 6) is -0.541. The van der Waals surface area contributed by atoms with Gasteiger partial charge in [0.2, 0.25) is 5.91 Å². The molecule has 0 aliphatic carbocycles. The maximum atomic E-state index is 12.4. The number of amides is 1. The Morgan fingerprint density at radius 2 is 1.83 bits per heavy atom. The number of carbonyl (C=O) groups excluding carboxylic acids is 1. The van der Waals surface area contributed by atoms with Crippen LogP contribution in [0.25, 0.3) is 0 Å². The molecule has 1 amide bonds. The number of anilines is 1. The molecule has 2 aromatic rings. The van der Waals surface area contributed by atoms with Crippen molar-refractivity contribution in [2.45, 2.75) is 24.9 Å². The van der Waals surface area contributed by atoms with Crippen molar-refractivity contribution in [1.29, 1.82) is 0 Å². The van der Waals surface area contributed by atoms with Crippen LogP contribution in [0.15, 0.2) is 54.6 Å². The molecule has 10 heteroatoms. The lowest BCUT2D eigenvalue weighted by molar-refractivity contribution is -0.274. The number of halogens is 5. The van der Waals surface area contributed by atoms with Crippen LogP contribution in [-0.4, -0.2) is 31.4 Å². The van der Waals surface area contributed by atoms with E-state index in [1.54, 1.807) is 18.2 Å². The molecule has 3 N–H and O–H groups in total. The van der Waals surface area contributed by atoms with E-state index >= 15 is 0 Å². The molecular weight excluding hydrogens is 430 g/mol. The topological polar surface area (TPSA) is 67.6 Å². The Morgan fingerprint density at radius 3 is 2.48 bits per heavy atom. The van der Waals surface area contributed by atoms with Gasteiger partial charge in [0.1, 0.15) is 11.8 Å². The van der Waals surface area contributed by atoms with E-state index < -0.39 is 12.4 Å². The average Bonchev–Trinajstić information content (AvgIpc) is 3.09. The molecule has 3 rings (SSSR count). The molecule has 1 aliphatic rings. The smallest absolute Gasteiger partial charge is 0.406 e. The van der Waals surface area contributed by atoms with Crippen LogP contribution in [0.4, 0.5) is 18.9 Å². The molecule has 5 nitrogen and oxygen atoms in total. The largest absolute Gasteiger partial charge is 0.573 e. The molecule has 0 saturated carbocycles. The second kappa shape index (κ2) is 10.6. The van der Waals surface area contributed by atoms with Crippen molar-refractivity contribution in [2.24, 2.45) is 5.73 Å². The minimum absolute atomic E-state index is 0. The van der Waals surface area contributed by atoms with Gasteiger partial charge in [0.25, 0.3) is 0 Å². The van der Waals surface area contributed by atoms with Crippen LogP contribution >= 0.6 is 24.8 Å². The minimum atomic E-state index is -4.73. The summed E-state index contributed by atoms with van der Waals surface area (Å²) in [7, 11) is 0. The molecule has 1 saturated heterocycles. The van der Waals surface area contributed by atoms with E-state index in [4.69, 9.17) is 5.73 Å². The van der Waals surface area contributed by atoms with Gasteiger partial charge in [0.15, 0.2) is 0 Å². The van der Waals surface area contributed by atoms with Crippen LogP contribution in [-0.2, 0) is 4.79 Å². The summed E-state index contributed by atoms with van der Waals surface area (Å²) in [5.41, 5.74) is 7.33. The normalized spacial score (nSPS) is 17.0. The van der Waals surface area contributed by atoms with Crippen molar-refractivity contribution in [3.8, 4) is 5.75 Å². The number of alkyl halides is 3. The number of hydrogen-bond acceptors (Lipinski definition) is 4. The van der Waals surface area contributed by atoms with Crippen molar-refractivity contribution in [3.05, 3.63) is 60.2 Å². The van der Waals surface area contributed by atoms with E-state index in [9.17, 15) is 18.0 Å². The minimum Gasteiger partial charge on any atom is -0.406 e. The third kappa shape index (κ3) is 6.99. The number of nitrogens with two attached hydrogens (primary N) is 1. The third-order valence-electron chi connectivity index (χ3n) is 4.39. The van der Waals surface area contributed by atoms with E-state index in [0.717, 1.165) is 5.56 Å². The van der Waals surface area contributed by atoms with Crippen molar-refractivity contribution < 1.29 is 22.7 Å². The van der Waals surface area contributed by atoms with Gasteiger partial charge in [-0.2, -0.15) is 0 Å². The molecule has 1 heterocycles. The Hall–Kier alpha value is -2.16. The zero-order chi connectivity index (χ0) is 19.4. The van der Waals surface area contributed by atoms with Crippen LogP contribution in [0.3, 0.4) is 0 Å². The zero-order valence-electron chi connectivity index (χ0n) is 15.3. The summed E-state index contributed by atoms with van der Waals surface area (Å²) in [6.07, 6.45) is -4.05. The van der Waals surface area contributed by atoms with E-state index in [0.29, 0.717) is 25.2 Å². The quantitative estimate of drug-likeness (QED) is 0.724. The number of benzene rings is 2. The number of nitrogens with zero attached hydrogens (tertiary/aromatic N) is 1. The predicted octanol–water partition coefficient (Wildman–Crippen LogP) is 3.82. The van der Waals surface area contributed by atoms with Crippen molar-refractivity contribution in [3.63, 3.8) is 0 Å². The monoisotopic (exact) mass is 451 g/mol. The fourth-order valence-electron chi connectivity index (χ4n) is 3.09. The Morgan fingerprint density at radius 1 is 1.14 bits per heavy atom. The van der Waals surface area contributed by atoms with Gasteiger partial charge in [0.05, 0.1) is 0 Å². The highest BCUT2D eigenvalue weighted by molar-refractivity contribution is 5.85. The highest BCUT2D eigenvalue weighted by Gasteiger charge is 2.32. The van der Waals surface area contributed by atoms with E-state index in [2.05, 4.69) is 10.1 Å². The second-order valence-electron chi connectivity index (χ2n) is 6.37. The van der Waals surface area contributed by atoms with Gasteiger partial charge >= 0.3 is 6.36 Å². The van der Waals surface area contributed by atoms with E-state index in [1.165, 1.54) is 18.2 Å². The maximum absolute atomic E-state index is 12.4. The first-order valence-corrected chi connectivity index (χ1v) is 8.53. The Kier molecular flexibility index (Phi) is 9.07. The van der Waals surface area contributed by atoms with Gasteiger partial charge < -0.3 is 20.7 Å². The third-order valence-corrected chi connectivity index (χ3v) is 4.39. The SMILES string of the molecule is Cl.Cl.NC(C(=O)NC1CCN(c2cccc(OC(F)(F)F)c2)C1)c1ccccc1. The Bertz CT molecular complexity index is 794. The fourth-order valence-corrected chi connectivity index (χ4v) is 3.09. The summed E-state index contributed by atoms with van der Waals surface area (Å²) in [4.78, 5) is 14.3. The van der Waals surface area contributed by atoms with Crippen LogP contribution in [0.2, 0.25) is 0 Å². The molecule has 29 heavy (non-hydrogen) atoms. The summed E-state index contributed by atoms with van der Waals surface area (Å²) in [6.45, 7) is 1.10. The standard InChI is InChI=1S/C19H20F3N3O2.2ClH/c20-19(21,22)27-16-8-4-7-15(11-16)25-10-9-14(12-25)24-18(26)17(23)13-5-2-1-3-6-13;;/h1-8,11,14,17H,9-10,12,23H2,(H,24,26);2*1H. The van der Waals surface area contributed by atoms with Crippen molar-refractivity contribution in [1.82, 2.24) is 5.32 Å². The number of hydrogen-bond donors (Lipinski definition) is 2. The lowest BCUT2D eigenvalue weighted by Crippen LogP contribution is -2.42. The van der Waals surface area contributed by atoms with Crippen LogP contribution in [0, 0.1) is 0 Å². The van der Waals surface area contributed by atoms with Gasteiger partial charge in [-0.3, -0.25) is 4.79 Å². The molecule has 160 valence electrons. The number of ether oxygens (including phenoxy) is 1. The van der Waals surface area contributed by atoms with Gasteiger partial charge in [-0.05, 0) is 24.1 Å². The van der Waals surface area contributed by atoms with Crippen LogP contribution in [0.1, 0.15) is 18.0 Å². The average molecular weight is 452 g/mol. The lowest BCUT2D eigenvalue weighted by Gasteiger charge is -2.21. The van der Waals surface area contributed by atoms with E-state index in [1.807, 2.05) is 23.1 Å². The second-order valence-corrected chi connectivity index (χ2v) is 6.37. The molecule has 2 aromatic carbocycles. The van der Waals surface area contributed by atoms with Gasteiger partial charge in [-0.25, -0.2) is 0 Å². The number of nitrogens with one attached hydrogen (secondary N) is 1. The predicted molar refractivity (Wildman–Crippen MR) is 110 cm³/mol. The molecule has 0 spiro atoms. The maximum Gasteiger partial charge on any atom is 0.573 e. The first-order chi connectivity index (χ1) is 12.8. The molecule has 0 aromatic heterocycles. The number of rotatable bonds is 5. The van der Waals surface area contributed by atoms with Crippen LogP contribution < -0.4 is 20.7 Å². The van der Waals surface area contributed by atoms with Crippen LogP contribution in [0.5, 0.6) is 5.75 Å². The summed E-state index contributed by atoms with van der Waals surface area (Å²) < 4.78 is 41.1. The highest BCUT2D eigenvalue weighted by Crippen LogP contribution is 2.28. The van der Waals surface area contributed by atoms with Crippen molar-refractivity contribution >= 4 is 36.4 Å². The van der Waals surface area contributed by atoms with Gasteiger partial charge in [0, 0.05) is 30.9 Å². The number of carbonyl (C=O) groups is 1. The Labute approximate surface area is 179 Å². The summed E-state index contributed by atoms with van der Waals surface area (Å²) in [6, 6.07) is 14.0.